The number of carbonyl (C=O) groups excluding carboxylic acids is 2. The Bertz CT molecular complexity index is 94.7. The van der Waals surface area contributed by atoms with E-state index in [2.05, 4.69) is 0 Å². The van der Waals surface area contributed by atoms with E-state index in [1.165, 1.54) is 0 Å². The van der Waals surface area contributed by atoms with E-state index in [0.29, 0.717) is 6.29 Å². The summed E-state index contributed by atoms with van der Waals surface area (Å²) in [6.07, 6.45) is 1.56. The molecule has 0 unspecified atom stereocenters. The zero-order valence-corrected chi connectivity index (χ0v) is 5.05. The van der Waals surface area contributed by atoms with Crippen LogP contribution in [-0.4, -0.2) is 12.1 Å². The highest BCUT2D eigenvalue weighted by molar-refractivity contribution is 6.02. The van der Waals surface area contributed by atoms with Gasteiger partial charge < -0.3 is 4.79 Å². The van der Waals surface area contributed by atoms with Gasteiger partial charge in [-0.3, -0.25) is 4.79 Å². The van der Waals surface area contributed by atoms with Gasteiger partial charge in [0.25, 0.3) is 0 Å². The summed E-state index contributed by atoms with van der Waals surface area (Å²) >= 11 is 0. The molecule has 45 valence electrons. The molecule has 0 aromatic heterocycles. The molecule has 0 aliphatic carbocycles. The SMILES string of the molecule is CC(C)C(=O)[CH]C=O. The zero-order valence-electron chi connectivity index (χ0n) is 5.05. The van der Waals surface area contributed by atoms with Crippen molar-refractivity contribution in [2.75, 3.05) is 0 Å². The minimum absolute atomic E-state index is 0.0554. The third-order valence-electron chi connectivity index (χ3n) is 0.801. The van der Waals surface area contributed by atoms with Gasteiger partial charge in [-0.05, 0) is 0 Å². The minimum atomic E-state index is -0.111. The first-order chi connectivity index (χ1) is 3.68. The molecule has 0 fully saturated rings. The molecule has 0 bridgehead atoms. The molecule has 0 heterocycles. The van der Waals surface area contributed by atoms with E-state index < -0.39 is 0 Å². The molecular weight excluding hydrogens is 104 g/mol. The van der Waals surface area contributed by atoms with Crippen LogP contribution in [0.1, 0.15) is 13.8 Å². The maximum absolute atomic E-state index is 10.5. The van der Waals surface area contributed by atoms with E-state index in [9.17, 15) is 9.59 Å². The Morgan fingerprint density at radius 2 is 2.00 bits per heavy atom. The van der Waals surface area contributed by atoms with Gasteiger partial charge in [-0.2, -0.15) is 0 Å². The van der Waals surface area contributed by atoms with Crippen LogP contribution in [0.4, 0.5) is 0 Å². The molecule has 0 aliphatic heterocycles. The normalized spacial score (nSPS) is 9.38. The lowest BCUT2D eigenvalue weighted by Gasteiger charge is -1.95. The number of hydrogen-bond donors (Lipinski definition) is 0. The predicted molar refractivity (Wildman–Crippen MR) is 30.2 cm³/mol. The second kappa shape index (κ2) is 3.36. The highest BCUT2D eigenvalue weighted by atomic mass is 16.1. The fourth-order valence-corrected chi connectivity index (χ4v) is 0.260. The molecule has 0 atom stereocenters. The number of hydrogen-bond acceptors (Lipinski definition) is 2. The maximum atomic E-state index is 10.5. The monoisotopic (exact) mass is 113 g/mol. The second-order valence-electron chi connectivity index (χ2n) is 1.86. The van der Waals surface area contributed by atoms with Crippen LogP contribution in [0, 0.1) is 12.3 Å². The number of carbonyl (C=O) groups is 2. The Kier molecular flexibility index (Phi) is 3.08. The van der Waals surface area contributed by atoms with Gasteiger partial charge in [0.05, 0.1) is 6.42 Å². The third kappa shape index (κ3) is 2.50. The minimum Gasteiger partial charge on any atom is -0.303 e. The summed E-state index contributed by atoms with van der Waals surface area (Å²) in [5.41, 5.74) is 0. The van der Waals surface area contributed by atoms with Crippen molar-refractivity contribution >= 4 is 12.1 Å². The molecule has 2 heteroatoms. The lowest BCUT2D eigenvalue weighted by molar-refractivity contribution is -0.120. The molecular formula is C6H9O2. The van der Waals surface area contributed by atoms with Gasteiger partial charge in [0.2, 0.25) is 0 Å². The molecule has 0 aromatic carbocycles. The van der Waals surface area contributed by atoms with Gasteiger partial charge >= 0.3 is 0 Å². The van der Waals surface area contributed by atoms with Crippen molar-refractivity contribution in [3.63, 3.8) is 0 Å². The van der Waals surface area contributed by atoms with Gasteiger partial charge in [-0.25, -0.2) is 0 Å². The Labute approximate surface area is 48.9 Å². The molecule has 8 heavy (non-hydrogen) atoms. The molecule has 0 saturated carbocycles. The summed E-state index contributed by atoms with van der Waals surface area (Å²) in [5.74, 6) is -0.166. The summed E-state index contributed by atoms with van der Waals surface area (Å²) in [4.78, 5) is 20.1. The lowest BCUT2D eigenvalue weighted by atomic mass is 10.1. The summed E-state index contributed by atoms with van der Waals surface area (Å²) in [7, 11) is 0. The Morgan fingerprint density at radius 1 is 1.50 bits per heavy atom. The maximum Gasteiger partial charge on any atom is 0.146 e. The fraction of sp³-hybridized carbons (Fsp3) is 0.500. The van der Waals surface area contributed by atoms with E-state index in [0.717, 1.165) is 6.42 Å². The topological polar surface area (TPSA) is 34.1 Å². The van der Waals surface area contributed by atoms with Crippen molar-refractivity contribution in [2.45, 2.75) is 13.8 Å². The third-order valence-corrected chi connectivity index (χ3v) is 0.801. The Morgan fingerprint density at radius 3 is 2.12 bits per heavy atom. The van der Waals surface area contributed by atoms with E-state index in [4.69, 9.17) is 0 Å². The molecule has 0 spiro atoms. The number of aldehydes is 1. The first-order valence-electron chi connectivity index (χ1n) is 2.51. The molecule has 0 N–H and O–H groups in total. The highest BCUT2D eigenvalue weighted by Crippen LogP contribution is 1.94. The molecule has 0 rings (SSSR count). The summed E-state index contributed by atoms with van der Waals surface area (Å²) < 4.78 is 0. The van der Waals surface area contributed by atoms with Gasteiger partial charge in [0.15, 0.2) is 0 Å². The molecule has 0 aromatic rings. The predicted octanol–water partition coefficient (Wildman–Crippen LogP) is 0.615. The first-order valence-corrected chi connectivity index (χ1v) is 2.51. The molecule has 0 saturated heterocycles. The molecule has 1 radical (unpaired) electrons. The van der Waals surface area contributed by atoms with Gasteiger partial charge in [0.1, 0.15) is 12.1 Å². The van der Waals surface area contributed by atoms with E-state index in [-0.39, 0.29) is 11.7 Å². The van der Waals surface area contributed by atoms with Crippen LogP contribution < -0.4 is 0 Å². The molecule has 2 nitrogen and oxygen atoms in total. The van der Waals surface area contributed by atoms with Crippen LogP contribution >= 0.6 is 0 Å². The quantitative estimate of drug-likeness (QED) is 0.397. The second-order valence-corrected chi connectivity index (χ2v) is 1.86. The van der Waals surface area contributed by atoms with Crippen LogP contribution in [0.3, 0.4) is 0 Å². The summed E-state index contributed by atoms with van der Waals surface area (Å²) in [6, 6.07) is 0. The smallest absolute Gasteiger partial charge is 0.146 e. The van der Waals surface area contributed by atoms with Crippen molar-refractivity contribution < 1.29 is 9.59 Å². The molecule has 0 aliphatic rings. The molecule has 0 amide bonds. The van der Waals surface area contributed by atoms with E-state index in [1.54, 1.807) is 13.8 Å². The van der Waals surface area contributed by atoms with Gasteiger partial charge in [-0.15, -0.1) is 0 Å². The lowest BCUT2D eigenvalue weighted by Crippen LogP contribution is -2.07. The number of ketones is 1. The largest absolute Gasteiger partial charge is 0.303 e. The zero-order chi connectivity index (χ0) is 6.57. The van der Waals surface area contributed by atoms with Crippen LogP contribution in [0.25, 0.3) is 0 Å². The van der Waals surface area contributed by atoms with Crippen LogP contribution in [0.5, 0.6) is 0 Å². The Hall–Kier alpha value is -0.660. The van der Waals surface area contributed by atoms with Crippen molar-refractivity contribution in [2.24, 2.45) is 5.92 Å². The van der Waals surface area contributed by atoms with Crippen molar-refractivity contribution in [1.29, 1.82) is 0 Å². The average Bonchev–Trinajstić information content (AvgIpc) is 1.67. The van der Waals surface area contributed by atoms with E-state index >= 15 is 0 Å². The van der Waals surface area contributed by atoms with Gasteiger partial charge in [0, 0.05) is 5.92 Å². The van der Waals surface area contributed by atoms with Gasteiger partial charge in [-0.1, -0.05) is 13.8 Å². The standard InChI is InChI=1S/C6H9O2/c1-5(2)6(8)3-4-7/h3-5H,1-2H3. The van der Waals surface area contributed by atoms with Crippen LogP contribution in [0.2, 0.25) is 0 Å². The van der Waals surface area contributed by atoms with Crippen molar-refractivity contribution in [3.05, 3.63) is 6.42 Å². The fourth-order valence-electron chi connectivity index (χ4n) is 0.260. The highest BCUT2D eigenvalue weighted by Gasteiger charge is 2.04. The van der Waals surface area contributed by atoms with Crippen LogP contribution in [0.15, 0.2) is 0 Å². The van der Waals surface area contributed by atoms with Crippen molar-refractivity contribution in [1.82, 2.24) is 0 Å². The number of rotatable bonds is 3. The Balaban J connectivity index is 3.48. The van der Waals surface area contributed by atoms with E-state index in [1.807, 2.05) is 0 Å². The summed E-state index contributed by atoms with van der Waals surface area (Å²) in [6.45, 7) is 3.50. The first kappa shape index (κ1) is 7.34. The number of Topliss-reactive ketones (excluding diaryl/α,β-unsaturated/α-hetero) is 1. The van der Waals surface area contributed by atoms with Crippen molar-refractivity contribution in [3.8, 4) is 0 Å². The van der Waals surface area contributed by atoms with Crippen LogP contribution in [-0.2, 0) is 9.59 Å². The average molecular weight is 113 g/mol. The summed E-state index contributed by atoms with van der Waals surface area (Å²) in [5, 5.41) is 0.